The molecule has 0 unspecified atom stereocenters. The van der Waals surface area contributed by atoms with Crippen LogP contribution in [0.5, 0.6) is 5.75 Å². The number of carbonyl (C=O) groups excluding carboxylic acids is 1. The predicted octanol–water partition coefficient (Wildman–Crippen LogP) is 4.31. The zero-order valence-corrected chi connectivity index (χ0v) is 11.6. The number of aromatic amines is 1. The Bertz CT molecular complexity index is 775. The Morgan fingerprint density at radius 3 is 2.55 bits per heavy atom. The van der Waals surface area contributed by atoms with Crippen LogP contribution in [0.4, 0.5) is 0 Å². The molecule has 0 aliphatic carbocycles. The third-order valence-electron chi connectivity index (χ3n) is 3.30. The van der Waals surface area contributed by atoms with Gasteiger partial charge in [-0.25, -0.2) is 0 Å². The molecule has 0 atom stereocenters. The van der Waals surface area contributed by atoms with Gasteiger partial charge >= 0.3 is 0 Å². The van der Waals surface area contributed by atoms with Gasteiger partial charge in [-0.1, -0.05) is 17.7 Å². The highest BCUT2D eigenvalue weighted by Crippen LogP contribution is 2.31. The Balaban J connectivity index is 2.21. The highest BCUT2D eigenvalue weighted by Gasteiger charge is 2.12. The second-order valence-electron chi connectivity index (χ2n) is 4.45. The lowest BCUT2D eigenvalue weighted by atomic mass is 10.1. The summed E-state index contributed by atoms with van der Waals surface area (Å²) in [5.41, 5.74) is 3.22. The number of aromatic nitrogens is 1. The molecule has 0 radical (unpaired) electrons. The fourth-order valence-electron chi connectivity index (χ4n) is 2.30. The molecule has 0 amide bonds. The Morgan fingerprint density at radius 1 is 1.15 bits per heavy atom. The minimum Gasteiger partial charge on any atom is -0.497 e. The summed E-state index contributed by atoms with van der Waals surface area (Å²) >= 11 is 5.98. The lowest BCUT2D eigenvalue weighted by molar-refractivity contribution is 0.112. The zero-order chi connectivity index (χ0) is 14.1. The lowest BCUT2D eigenvalue weighted by Gasteiger charge is -2.02. The van der Waals surface area contributed by atoms with Crippen LogP contribution in [0.3, 0.4) is 0 Å². The van der Waals surface area contributed by atoms with Crippen LogP contribution < -0.4 is 4.74 Å². The van der Waals surface area contributed by atoms with Gasteiger partial charge in [-0.2, -0.15) is 0 Å². The van der Waals surface area contributed by atoms with Gasteiger partial charge in [0.25, 0.3) is 0 Å². The van der Waals surface area contributed by atoms with Gasteiger partial charge in [0, 0.05) is 21.5 Å². The number of nitrogens with one attached hydrogen (secondary N) is 1. The van der Waals surface area contributed by atoms with Crippen molar-refractivity contribution in [3.63, 3.8) is 0 Å². The van der Waals surface area contributed by atoms with Crippen LogP contribution in [0.1, 0.15) is 10.4 Å². The molecule has 100 valence electrons. The molecular weight excluding hydrogens is 274 g/mol. The van der Waals surface area contributed by atoms with E-state index in [-0.39, 0.29) is 0 Å². The van der Waals surface area contributed by atoms with E-state index in [1.807, 2.05) is 36.4 Å². The summed E-state index contributed by atoms with van der Waals surface area (Å²) in [6.07, 6.45) is 0.867. The number of H-pyrrole nitrogens is 1. The van der Waals surface area contributed by atoms with Crippen molar-refractivity contribution in [1.29, 1.82) is 0 Å². The molecule has 3 rings (SSSR count). The number of benzene rings is 2. The zero-order valence-electron chi connectivity index (χ0n) is 10.8. The molecule has 4 heteroatoms. The Labute approximate surface area is 121 Å². The first-order valence-electron chi connectivity index (χ1n) is 6.14. The van der Waals surface area contributed by atoms with E-state index in [9.17, 15) is 4.79 Å². The van der Waals surface area contributed by atoms with E-state index in [2.05, 4.69) is 4.98 Å². The van der Waals surface area contributed by atoms with Crippen LogP contribution in [0, 0.1) is 0 Å². The summed E-state index contributed by atoms with van der Waals surface area (Å²) in [5, 5.41) is 1.51. The van der Waals surface area contributed by atoms with Gasteiger partial charge < -0.3 is 9.72 Å². The van der Waals surface area contributed by atoms with Crippen LogP contribution in [0.2, 0.25) is 5.02 Å². The smallest absolute Gasteiger partial charge is 0.152 e. The number of rotatable bonds is 3. The van der Waals surface area contributed by atoms with Crippen LogP contribution in [0.25, 0.3) is 22.2 Å². The van der Waals surface area contributed by atoms with Gasteiger partial charge in [0.05, 0.1) is 12.8 Å². The molecular formula is C16H12ClNO2. The number of methoxy groups -OCH3 is 1. The normalized spacial score (nSPS) is 10.7. The van der Waals surface area contributed by atoms with E-state index < -0.39 is 0 Å². The Kier molecular flexibility index (Phi) is 3.20. The van der Waals surface area contributed by atoms with E-state index in [0.717, 1.165) is 34.2 Å². The Morgan fingerprint density at radius 2 is 1.90 bits per heavy atom. The Hall–Kier alpha value is -2.26. The number of hydrogen-bond donors (Lipinski definition) is 1. The molecule has 0 spiro atoms. The maximum atomic E-state index is 11.4. The van der Waals surface area contributed by atoms with Crippen LogP contribution >= 0.6 is 11.6 Å². The van der Waals surface area contributed by atoms with Crippen molar-refractivity contribution in [1.82, 2.24) is 4.98 Å². The van der Waals surface area contributed by atoms with E-state index in [0.29, 0.717) is 10.6 Å². The van der Waals surface area contributed by atoms with Gasteiger partial charge in [0.1, 0.15) is 5.75 Å². The molecule has 0 aliphatic heterocycles. The van der Waals surface area contributed by atoms with Crippen molar-refractivity contribution in [3.05, 3.63) is 53.1 Å². The highest BCUT2D eigenvalue weighted by molar-refractivity contribution is 6.31. The van der Waals surface area contributed by atoms with Gasteiger partial charge in [0.15, 0.2) is 6.29 Å². The van der Waals surface area contributed by atoms with Crippen LogP contribution in [-0.2, 0) is 0 Å². The molecule has 0 fully saturated rings. The van der Waals surface area contributed by atoms with Crippen molar-refractivity contribution in [2.75, 3.05) is 7.11 Å². The minimum absolute atomic E-state index is 0.637. The number of aldehydes is 1. The van der Waals surface area contributed by atoms with Gasteiger partial charge in [-0.05, 0) is 42.0 Å². The molecule has 1 aromatic heterocycles. The topological polar surface area (TPSA) is 42.1 Å². The third kappa shape index (κ3) is 2.06. The maximum absolute atomic E-state index is 11.4. The maximum Gasteiger partial charge on any atom is 0.152 e. The summed E-state index contributed by atoms with van der Waals surface area (Å²) in [6, 6.07) is 13.0. The van der Waals surface area contributed by atoms with Crippen molar-refractivity contribution in [2.45, 2.75) is 0 Å². The summed E-state index contributed by atoms with van der Waals surface area (Å²) in [4.78, 5) is 14.7. The van der Waals surface area contributed by atoms with Crippen molar-refractivity contribution >= 4 is 28.8 Å². The molecule has 0 aliphatic rings. The van der Waals surface area contributed by atoms with Crippen molar-refractivity contribution in [3.8, 4) is 17.0 Å². The second-order valence-corrected chi connectivity index (χ2v) is 4.89. The fraction of sp³-hybridized carbons (Fsp3) is 0.0625. The van der Waals surface area contributed by atoms with E-state index in [1.165, 1.54) is 0 Å². The van der Waals surface area contributed by atoms with Gasteiger partial charge in [-0.15, -0.1) is 0 Å². The minimum atomic E-state index is 0.637. The number of fused-ring (bicyclic) bond motifs is 1. The third-order valence-corrected chi connectivity index (χ3v) is 3.53. The van der Waals surface area contributed by atoms with E-state index in [4.69, 9.17) is 16.3 Å². The van der Waals surface area contributed by atoms with Crippen molar-refractivity contribution in [2.24, 2.45) is 0 Å². The predicted molar refractivity (Wildman–Crippen MR) is 80.7 cm³/mol. The fourth-order valence-corrected chi connectivity index (χ4v) is 2.47. The molecule has 1 N–H and O–H groups in total. The molecule has 0 bridgehead atoms. The average Bonchev–Trinajstić information content (AvgIpc) is 2.84. The first-order chi connectivity index (χ1) is 9.72. The van der Waals surface area contributed by atoms with E-state index >= 15 is 0 Å². The monoisotopic (exact) mass is 285 g/mol. The molecule has 1 heterocycles. The SMILES string of the molecule is COc1ccc(-c2[nH]c3cc(Cl)ccc3c2C=O)cc1. The highest BCUT2D eigenvalue weighted by atomic mass is 35.5. The molecule has 3 aromatic rings. The molecule has 2 aromatic carbocycles. The first kappa shape index (κ1) is 12.8. The average molecular weight is 286 g/mol. The quantitative estimate of drug-likeness (QED) is 0.729. The largest absolute Gasteiger partial charge is 0.497 e. The molecule has 0 saturated carbocycles. The standard InChI is InChI=1S/C16H12ClNO2/c1-20-12-5-2-10(3-6-12)16-14(9-19)13-7-4-11(17)8-15(13)18-16/h2-9,18H,1H3. The summed E-state index contributed by atoms with van der Waals surface area (Å²) in [6.45, 7) is 0. The van der Waals surface area contributed by atoms with Gasteiger partial charge in [-0.3, -0.25) is 4.79 Å². The van der Waals surface area contributed by atoms with Crippen molar-refractivity contribution < 1.29 is 9.53 Å². The molecule has 0 saturated heterocycles. The molecule has 20 heavy (non-hydrogen) atoms. The number of ether oxygens (including phenoxy) is 1. The number of halogens is 1. The summed E-state index contributed by atoms with van der Waals surface area (Å²) < 4.78 is 5.14. The van der Waals surface area contributed by atoms with E-state index in [1.54, 1.807) is 13.2 Å². The van der Waals surface area contributed by atoms with Gasteiger partial charge in [0.2, 0.25) is 0 Å². The summed E-state index contributed by atoms with van der Waals surface area (Å²) in [7, 11) is 1.62. The van der Waals surface area contributed by atoms with Crippen LogP contribution in [-0.4, -0.2) is 18.4 Å². The lowest BCUT2D eigenvalue weighted by Crippen LogP contribution is -1.86. The summed E-state index contributed by atoms with van der Waals surface area (Å²) in [5.74, 6) is 0.778. The molecule has 3 nitrogen and oxygen atoms in total. The second kappa shape index (κ2) is 5.02. The first-order valence-corrected chi connectivity index (χ1v) is 6.51. The number of carbonyl (C=O) groups is 1. The van der Waals surface area contributed by atoms with Crippen LogP contribution in [0.15, 0.2) is 42.5 Å². The number of hydrogen-bond acceptors (Lipinski definition) is 2.